The first-order valence-electron chi connectivity index (χ1n) is 5.36. The lowest BCUT2D eigenvalue weighted by Gasteiger charge is -2.17. The molecule has 0 radical (unpaired) electrons. The number of carboxylic acids is 1. The average Bonchev–Trinajstić information content (AvgIpc) is 2.73. The third kappa shape index (κ3) is 2.79. The number of rotatable bonds is 2. The summed E-state index contributed by atoms with van der Waals surface area (Å²) >= 11 is 6.41. The van der Waals surface area contributed by atoms with Gasteiger partial charge < -0.3 is 10.0 Å². The maximum absolute atomic E-state index is 13.9. The summed E-state index contributed by atoms with van der Waals surface area (Å²) in [5, 5.41) is 8.79. The quantitative estimate of drug-likeness (QED) is 0.833. The van der Waals surface area contributed by atoms with Crippen LogP contribution in [-0.2, 0) is 4.79 Å². The van der Waals surface area contributed by atoms with Gasteiger partial charge >= 0.3 is 5.97 Å². The monoisotopic (exact) mass is 394 g/mol. The van der Waals surface area contributed by atoms with Crippen molar-refractivity contribution in [1.82, 2.24) is 9.88 Å². The predicted molar refractivity (Wildman–Crippen MR) is 71.6 cm³/mol. The molecule has 19 heavy (non-hydrogen) atoms. The Balaban J connectivity index is 2.20. The number of hydrogen-bond acceptors (Lipinski definition) is 3. The van der Waals surface area contributed by atoms with Crippen LogP contribution in [0.4, 0.5) is 4.39 Å². The highest BCUT2D eigenvalue weighted by atomic mass is 79.9. The van der Waals surface area contributed by atoms with Gasteiger partial charge in [0.05, 0.1) is 11.0 Å². The third-order valence-corrected chi connectivity index (χ3v) is 3.94. The molecule has 0 saturated carbocycles. The minimum absolute atomic E-state index is 0.0613. The highest BCUT2D eigenvalue weighted by molar-refractivity contribution is 9.11. The molecule has 2 heterocycles. The molecule has 0 aromatic carbocycles. The molecule has 1 amide bonds. The van der Waals surface area contributed by atoms with E-state index < -0.39 is 24.1 Å². The zero-order valence-corrected chi connectivity index (χ0v) is 12.7. The SMILES string of the molecule is O=C(c1ncc(Br)cc1Br)N1CCC(F)(C(=O)O)C1. The molecule has 1 atom stereocenters. The largest absolute Gasteiger partial charge is 0.479 e. The van der Waals surface area contributed by atoms with Crippen LogP contribution in [0.1, 0.15) is 16.9 Å². The van der Waals surface area contributed by atoms with Crippen LogP contribution in [0.2, 0.25) is 0 Å². The third-order valence-electron chi connectivity index (χ3n) is 2.90. The van der Waals surface area contributed by atoms with E-state index in [1.807, 2.05) is 0 Å². The topological polar surface area (TPSA) is 70.5 Å². The number of nitrogens with zero attached hydrogens (tertiary/aromatic N) is 2. The number of carbonyl (C=O) groups excluding carboxylic acids is 1. The zero-order chi connectivity index (χ0) is 14.2. The Bertz CT molecular complexity index is 555. The van der Waals surface area contributed by atoms with Gasteiger partial charge in [-0.3, -0.25) is 4.79 Å². The minimum atomic E-state index is -2.36. The number of hydrogen-bond donors (Lipinski definition) is 1. The standard InChI is InChI=1S/C11H9Br2FN2O3/c12-6-3-7(13)8(15-4-6)9(17)16-2-1-11(14,5-16)10(18)19/h3-4H,1-2,5H2,(H,18,19). The van der Waals surface area contributed by atoms with Gasteiger partial charge in [-0.2, -0.15) is 0 Å². The molecule has 1 fully saturated rings. The van der Waals surface area contributed by atoms with Crippen molar-refractivity contribution in [2.75, 3.05) is 13.1 Å². The van der Waals surface area contributed by atoms with Gasteiger partial charge in [0.1, 0.15) is 5.69 Å². The van der Waals surface area contributed by atoms with Gasteiger partial charge in [0.15, 0.2) is 0 Å². The minimum Gasteiger partial charge on any atom is -0.479 e. The fraction of sp³-hybridized carbons (Fsp3) is 0.364. The predicted octanol–water partition coefficient (Wildman–Crippen LogP) is 2.25. The van der Waals surface area contributed by atoms with Crippen molar-refractivity contribution in [3.8, 4) is 0 Å². The van der Waals surface area contributed by atoms with Crippen molar-refractivity contribution >= 4 is 43.7 Å². The van der Waals surface area contributed by atoms with Crippen molar-refractivity contribution in [2.24, 2.45) is 0 Å². The van der Waals surface area contributed by atoms with Crippen LogP contribution in [0.15, 0.2) is 21.2 Å². The van der Waals surface area contributed by atoms with E-state index in [1.54, 1.807) is 6.07 Å². The molecule has 0 bridgehead atoms. The van der Waals surface area contributed by atoms with Crippen LogP contribution in [-0.4, -0.2) is 45.6 Å². The summed E-state index contributed by atoms with van der Waals surface area (Å²) in [5.74, 6) is -2.02. The molecular weight excluding hydrogens is 387 g/mol. The first-order chi connectivity index (χ1) is 8.83. The normalized spacial score (nSPS) is 22.6. The molecule has 1 aromatic heterocycles. The summed E-state index contributed by atoms with van der Waals surface area (Å²) in [6.45, 7) is -0.392. The van der Waals surface area contributed by atoms with Crippen molar-refractivity contribution in [3.63, 3.8) is 0 Å². The molecule has 0 spiro atoms. The average molecular weight is 396 g/mol. The Morgan fingerprint density at radius 2 is 2.16 bits per heavy atom. The lowest BCUT2D eigenvalue weighted by Crippen LogP contribution is -2.39. The van der Waals surface area contributed by atoms with E-state index in [4.69, 9.17) is 5.11 Å². The van der Waals surface area contributed by atoms with Gasteiger partial charge in [0.2, 0.25) is 5.67 Å². The van der Waals surface area contributed by atoms with Crippen molar-refractivity contribution < 1.29 is 19.1 Å². The summed E-state index contributed by atoms with van der Waals surface area (Å²) < 4.78 is 15.1. The molecule has 102 valence electrons. The first kappa shape index (κ1) is 14.4. The van der Waals surface area contributed by atoms with Crippen LogP contribution in [0.3, 0.4) is 0 Å². The molecule has 2 rings (SSSR count). The van der Waals surface area contributed by atoms with Crippen LogP contribution in [0.25, 0.3) is 0 Å². The molecule has 0 aliphatic carbocycles. The van der Waals surface area contributed by atoms with E-state index in [1.165, 1.54) is 6.20 Å². The second-order valence-corrected chi connectivity index (χ2v) is 6.00. The Morgan fingerprint density at radius 3 is 2.68 bits per heavy atom. The first-order valence-corrected chi connectivity index (χ1v) is 6.95. The number of aliphatic carboxylic acids is 1. The summed E-state index contributed by atoms with van der Waals surface area (Å²) in [4.78, 5) is 28.1. The highest BCUT2D eigenvalue weighted by Gasteiger charge is 2.47. The van der Waals surface area contributed by atoms with Crippen LogP contribution in [0, 0.1) is 0 Å². The number of alkyl halides is 1. The van der Waals surface area contributed by atoms with Crippen molar-refractivity contribution in [1.29, 1.82) is 0 Å². The van der Waals surface area contributed by atoms with E-state index >= 15 is 0 Å². The molecule has 5 nitrogen and oxygen atoms in total. The number of halogens is 3. The zero-order valence-electron chi connectivity index (χ0n) is 9.57. The van der Waals surface area contributed by atoms with Crippen molar-refractivity contribution in [2.45, 2.75) is 12.1 Å². The van der Waals surface area contributed by atoms with Gasteiger partial charge in [-0.15, -0.1) is 0 Å². The number of amides is 1. The van der Waals surface area contributed by atoms with Crippen molar-refractivity contribution in [3.05, 3.63) is 26.9 Å². The highest BCUT2D eigenvalue weighted by Crippen LogP contribution is 2.28. The van der Waals surface area contributed by atoms with Gasteiger partial charge in [-0.25, -0.2) is 14.2 Å². The van der Waals surface area contributed by atoms with E-state index in [0.717, 1.165) is 4.90 Å². The number of carboxylic acid groups (broad SMARTS) is 1. The van der Waals surface area contributed by atoms with Gasteiger partial charge in [-0.1, -0.05) is 0 Å². The summed E-state index contributed by atoms with van der Waals surface area (Å²) in [6.07, 6.45) is 1.25. The number of aromatic nitrogens is 1. The van der Waals surface area contributed by atoms with E-state index in [-0.39, 0.29) is 18.7 Å². The summed E-state index contributed by atoms with van der Waals surface area (Å²) in [7, 11) is 0. The van der Waals surface area contributed by atoms with E-state index in [9.17, 15) is 14.0 Å². The van der Waals surface area contributed by atoms with Gasteiger partial charge in [-0.05, 0) is 37.9 Å². The van der Waals surface area contributed by atoms with Crippen LogP contribution in [0.5, 0.6) is 0 Å². The maximum Gasteiger partial charge on any atom is 0.343 e. The summed E-state index contributed by atoms with van der Waals surface area (Å²) in [6, 6.07) is 1.65. The lowest BCUT2D eigenvalue weighted by atomic mass is 10.1. The smallest absolute Gasteiger partial charge is 0.343 e. The Morgan fingerprint density at radius 1 is 1.47 bits per heavy atom. The number of carbonyl (C=O) groups is 2. The van der Waals surface area contributed by atoms with E-state index in [0.29, 0.717) is 8.95 Å². The molecule has 1 aliphatic rings. The maximum atomic E-state index is 13.9. The van der Waals surface area contributed by atoms with Gasteiger partial charge in [0, 0.05) is 23.6 Å². The number of likely N-dealkylation sites (tertiary alicyclic amines) is 1. The molecular formula is C11H9Br2FN2O3. The lowest BCUT2D eigenvalue weighted by molar-refractivity contribution is -0.149. The second kappa shape index (κ2) is 5.16. The van der Waals surface area contributed by atoms with Crippen LogP contribution >= 0.6 is 31.9 Å². The van der Waals surface area contributed by atoms with E-state index in [2.05, 4.69) is 36.8 Å². The molecule has 1 saturated heterocycles. The fourth-order valence-corrected chi connectivity index (χ4v) is 3.00. The fourth-order valence-electron chi connectivity index (χ4n) is 1.84. The van der Waals surface area contributed by atoms with Crippen LogP contribution < -0.4 is 0 Å². The molecule has 1 N–H and O–H groups in total. The molecule has 1 unspecified atom stereocenters. The Labute approximate surface area is 125 Å². The molecule has 1 aromatic rings. The molecule has 8 heteroatoms. The Kier molecular flexibility index (Phi) is 3.91. The second-order valence-electron chi connectivity index (χ2n) is 4.23. The van der Waals surface area contributed by atoms with Gasteiger partial charge in [0.25, 0.3) is 5.91 Å². The number of pyridine rings is 1. The molecule has 1 aliphatic heterocycles. The summed E-state index contributed by atoms with van der Waals surface area (Å²) in [5.41, 5.74) is -2.23. The Hall–Kier alpha value is -1.02.